The molecule has 1 aromatic heterocycles. The van der Waals surface area contributed by atoms with Crippen LogP contribution in [0.3, 0.4) is 0 Å². The molecule has 0 bridgehead atoms. The zero-order valence-electron chi connectivity index (χ0n) is 11.0. The third-order valence-corrected chi connectivity index (χ3v) is 4.06. The van der Waals surface area contributed by atoms with Gasteiger partial charge in [0.25, 0.3) is 0 Å². The molecule has 1 amide bonds. The van der Waals surface area contributed by atoms with Crippen molar-refractivity contribution < 1.29 is 9.90 Å². The molecule has 1 atom stereocenters. The first-order valence-corrected chi connectivity index (χ1v) is 6.96. The number of aliphatic hydroxyl groups is 1. The third kappa shape index (κ3) is 3.03. The summed E-state index contributed by atoms with van der Waals surface area (Å²) in [5.74, 6) is 0.462. The summed E-state index contributed by atoms with van der Waals surface area (Å²) in [5.41, 5.74) is 0.895. The Bertz CT molecular complexity index is 483. The first-order valence-electron chi connectivity index (χ1n) is 6.17. The normalized spacial score (nSPS) is 19.7. The average molecular weight is 329 g/mol. The Hall–Kier alpha value is -1.21. The lowest BCUT2D eigenvalue weighted by atomic mass is 10.2. The van der Waals surface area contributed by atoms with Crippen LogP contribution in [0.25, 0.3) is 0 Å². The second-order valence-corrected chi connectivity index (χ2v) is 5.50. The van der Waals surface area contributed by atoms with E-state index in [2.05, 4.69) is 30.8 Å². The number of nitrogens with zero attached hydrogens (tertiary/aromatic N) is 4. The van der Waals surface area contributed by atoms with Crippen molar-refractivity contribution in [1.82, 2.24) is 14.9 Å². The molecule has 19 heavy (non-hydrogen) atoms. The largest absolute Gasteiger partial charge is 0.387 e. The number of halogens is 1. The van der Waals surface area contributed by atoms with Crippen molar-refractivity contribution in [2.24, 2.45) is 0 Å². The lowest BCUT2D eigenvalue weighted by Gasteiger charge is -2.39. The van der Waals surface area contributed by atoms with Crippen molar-refractivity contribution in [3.63, 3.8) is 0 Å². The van der Waals surface area contributed by atoms with E-state index in [9.17, 15) is 4.79 Å². The number of aromatic nitrogens is 2. The summed E-state index contributed by atoms with van der Waals surface area (Å²) in [7, 11) is 0. The molecular weight excluding hydrogens is 312 g/mol. The SMILES string of the molecule is Cc1nc(N2CCN(C(=O)CO)C[C@@H]2C)ncc1Br. The molecule has 1 saturated heterocycles. The van der Waals surface area contributed by atoms with E-state index in [0.29, 0.717) is 25.6 Å². The highest BCUT2D eigenvalue weighted by atomic mass is 79.9. The molecule has 7 heteroatoms. The van der Waals surface area contributed by atoms with Crippen molar-refractivity contribution in [3.8, 4) is 0 Å². The van der Waals surface area contributed by atoms with E-state index >= 15 is 0 Å². The number of carbonyl (C=O) groups is 1. The first-order chi connectivity index (χ1) is 9.02. The number of carbonyl (C=O) groups excluding carboxylic acids is 1. The Kier molecular flexibility index (Phi) is 4.36. The van der Waals surface area contributed by atoms with Crippen LogP contribution < -0.4 is 4.90 Å². The molecule has 1 aromatic rings. The fourth-order valence-corrected chi connectivity index (χ4v) is 2.35. The van der Waals surface area contributed by atoms with Crippen LogP contribution in [0, 0.1) is 6.92 Å². The number of amides is 1. The van der Waals surface area contributed by atoms with E-state index in [4.69, 9.17) is 5.11 Å². The molecule has 0 radical (unpaired) electrons. The van der Waals surface area contributed by atoms with Gasteiger partial charge in [-0.3, -0.25) is 4.79 Å². The van der Waals surface area contributed by atoms with Crippen LogP contribution in [0.1, 0.15) is 12.6 Å². The zero-order valence-corrected chi connectivity index (χ0v) is 12.6. The fraction of sp³-hybridized carbons (Fsp3) is 0.583. The van der Waals surface area contributed by atoms with Crippen LogP contribution in [0.2, 0.25) is 0 Å². The number of piperazine rings is 1. The van der Waals surface area contributed by atoms with Crippen molar-refractivity contribution in [3.05, 3.63) is 16.4 Å². The van der Waals surface area contributed by atoms with Gasteiger partial charge >= 0.3 is 0 Å². The molecule has 0 aliphatic carbocycles. The summed E-state index contributed by atoms with van der Waals surface area (Å²) in [6.07, 6.45) is 1.75. The molecule has 2 heterocycles. The molecule has 1 N–H and O–H groups in total. The van der Waals surface area contributed by atoms with Crippen molar-refractivity contribution in [2.75, 3.05) is 31.1 Å². The third-order valence-electron chi connectivity index (χ3n) is 3.28. The highest BCUT2D eigenvalue weighted by Crippen LogP contribution is 2.20. The Morgan fingerprint density at radius 2 is 2.32 bits per heavy atom. The van der Waals surface area contributed by atoms with Gasteiger partial charge in [0, 0.05) is 31.9 Å². The average Bonchev–Trinajstić information content (AvgIpc) is 2.41. The van der Waals surface area contributed by atoms with Gasteiger partial charge in [0.1, 0.15) is 6.61 Å². The Morgan fingerprint density at radius 3 is 2.89 bits per heavy atom. The highest BCUT2D eigenvalue weighted by molar-refractivity contribution is 9.10. The first kappa shape index (κ1) is 14.2. The van der Waals surface area contributed by atoms with Crippen LogP contribution in [0.5, 0.6) is 0 Å². The van der Waals surface area contributed by atoms with E-state index in [0.717, 1.165) is 10.2 Å². The maximum absolute atomic E-state index is 11.5. The van der Waals surface area contributed by atoms with E-state index in [1.54, 1.807) is 11.1 Å². The fourth-order valence-electron chi connectivity index (χ4n) is 2.16. The molecule has 6 nitrogen and oxygen atoms in total. The van der Waals surface area contributed by atoms with Gasteiger partial charge in [-0.15, -0.1) is 0 Å². The molecule has 104 valence electrons. The predicted octanol–water partition coefficient (Wildman–Crippen LogP) is 0.577. The monoisotopic (exact) mass is 328 g/mol. The topological polar surface area (TPSA) is 69.6 Å². The van der Waals surface area contributed by atoms with Gasteiger partial charge in [0.15, 0.2) is 0 Å². The summed E-state index contributed by atoms with van der Waals surface area (Å²) in [4.78, 5) is 24.0. The van der Waals surface area contributed by atoms with Gasteiger partial charge < -0.3 is 14.9 Å². The smallest absolute Gasteiger partial charge is 0.248 e. The number of hydrogen-bond acceptors (Lipinski definition) is 5. The maximum atomic E-state index is 11.5. The number of hydrogen-bond donors (Lipinski definition) is 1. The second-order valence-electron chi connectivity index (χ2n) is 4.64. The predicted molar refractivity (Wildman–Crippen MR) is 74.9 cm³/mol. The van der Waals surface area contributed by atoms with Gasteiger partial charge in [-0.2, -0.15) is 0 Å². The van der Waals surface area contributed by atoms with Crippen LogP contribution in [0.15, 0.2) is 10.7 Å². The number of aliphatic hydroxyl groups excluding tert-OH is 1. The van der Waals surface area contributed by atoms with Crippen LogP contribution in [-0.2, 0) is 4.79 Å². The molecule has 0 saturated carbocycles. The summed E-state index contributed by atoms with van der Waals surface area (Å²) in [6, 6.07) is 0.129. The minimum absolute atomic E-state index is 0.129. The van der Waals surface area contributed by atoms with E-state index < -0.39 is 6.61 Å². The highest BCUT2D eigenvalue weighted by Gasteiger charge is 2.27. The molecule has 1 aliphatic heterocycles. The minimum Gasteiger partial charge on any atom is -0.387 e. The van der Waals surface area contributed by atoms with Crippen LogP contribution in [-0.4, -0.2) is 58.2 Å². The molecule has 1 fully saturated rings. The molecule has 0 spiro atoms. The van der Waals surface area contributed by atoms with Gasteiger partial charge in [-0.1, -0.05) is 0 Å². The number of rotatable bonds is 2. The summed E-state index contributed by atoms with van der Waals surface area (Å²) in [5, 5.41) is 8.89. The molecule has 2 rings (SSSR count). The van der Waals surface area contributed by atoms with Gasteiger partial charge in [0.2, 0.25) is 11.9 Å². The molecule has 0 aromatic carbocycles. The van der Waals surface area contributed by atoms with Crippen LogP contribution >= 0.6 is 15.9 Å². The Morgan fingerprint density at radius 1 is 1.58 bits per heavy atom. The van der Waals surface area contributed by atoms with E-state index in [-0.39, 0.29) is 11.9 Å². The lowest BCUT2D eigenvalue weighted by Crippen LogP contribution is -2.54. The lowest BCUT2D eigenvalue weighted by molar-refractivity contribution is -0.134. The number of aryl methyl sites for hydroxylation is 1. The van der Waals surface area contributed by atoms with Crippen molar-refractivity contribution >= 4 is 27.8 Å². The van der Waals surface area contributed by atoms with Crippen molar-refractivity contribution in [1.29, 1.82) is 0 Å². The molecule has 0 unspecified atom stereocenters. The summed E-state index contributed by atoms with van der Waals surface area (Å²) in [6.45, 7) is 5.36. The Labute approximate surface area is 120 Å². The van der Waals surface area contributed by atoms with Gasteiger partial charge in [0.05, 0.1) is 10.2 Å². The number of anilines is 1. The molecule has 1 aliphatic rings. The second kappa shape index (κ2) is 5.83. The van der Waals surface area contributed by atoms with E-state index in [1.165, 1.54) is 0 Å². The summed E-state index contributed by atoms with van der Waals surface area (Å²) >= 11 is 3.38. The molecular formula is C12H17BrN4O2. The van der Waals surface area contributed by atoms with Gasteiger partial charge in [-0.05, 0) is 29.8 Å². The zero-order chi connectivity index (χ0) is 14.0. The van der Waals surface area contributed by atoms with Crippen molar-refractivity contribution in [2.45, 2.75) is 19.9 Å². The standard InChI is InChI=1S/C12H17BrN4O2/c1-8-6-16(11(19)7-18)3-4-17(8)12-14-5-10(13)9(2)15-12/h5,8,18H,3-4,6-7H2,1-2H3/t8-/m0/s1. The quantitative estimate of drug-likeness (QED) is 0.859. The van der Waals surface area contributed by atoms with Gasteiger partial charge in [-0.25, -0.2) is 9.97 Å². The summed E-state index contributed by atoms with van der Waals surface area (Å²) < 4.78 is 0.887. The van der Waals surface area contributed by atoms with Crippen LogP contribution in [0.4, 0.5) is 5.95 Å². The Balaban J connectivity index is 2.11. The van der Waals surface area contributed by atoms with E-state index in [1.807, 2.05) is 13.8 Å². The minimum atomic E-state index is -0.430. The maximum Gasteiger partial charge on any atom is 0.248 e.